The Kier molecular flexibility index (Phi) is 16.5. The van der Waals surface area contributed by atoms with Gasteiger partial charge in [0.1, 0.15) is 47.4 Å². The molecule has 4 amide bonds. The smallest absolute Gasteiger partial charge is 0.417 e. The molecular formula is C44H32Cl2F8N10O6. The van der Waals surface area contributed by atoms with Crippen molar-refractivity contribution in [2.24, 2.45) is 16.8 Å². The Hall–Kier alpha value is -7.95. The number of hydrogen-bond acceptors (Lipinski definition) is 12. The molecule has 4 aromatic carbocycles. The second-order valence-electron chi connectivity index (χ2n) is 14.7. The Labute approximate surface area is 399 Å². The Balaban J connectivity index is 0.000000193. The molecule has 2 fully saturated rings. The fourth-order valence-electron chi connectivity index (χ4n) is 5.52. The molecule has 0 radical (unpaired) electrons. The number of halogens is 10. The summed E-state index contributed by atoms with van der Waals surface area (Å²) in [5.41, 5.74) is 2.68. The summed E-state index contributed by atoms with van der Waals surface area (Å²) in [6.45, 7) is 0. The number of rotatable bonds is 11. The zero-order valence-electron chi connectivity index (χ0n) is 35.3. The van der Waals surface area contributed by atoms with Gasteiger partial charge in [-0.2, -0.15) is 31.3 Å². The van der Waals surface area contributed by atoms with Crippen LogP contribution in [0.1, 0.15) is 36.8 Å². The number of nitrogens with one attached hydrogen (secondary N) is 4. The van der Waals surface area contributed by atoms with Crippen LogP contribution in [0.5, 0.6) is 23.3 Å². The van der Waals surface area contributed by atoms with Crippen molar-refractivity contribution in [1.82, 2.24) is 19.9 Å². The lowest BCUT2D eigenvalue weighted by Gasteiger charge is -2.13. The highest BCUT2D eigenvalue weighted by atomic mass is 35.5. The first-order chi connectivity index (χ1) is 33.1. The third-order valence-corrected chi connectivity index (χ3v) is 9.90. The van der Waals surface area contributed by atoms with Gasteiger partial charge in [-0.3, -0.25) is 9.59 Å². The van der Waals surface area contributed by atoms with Crippen LogP contribution in [0.2, 0.25) is 10.0 Å². The first-order valence-electron chi connectivity index (χ1n) is 20.0. The van der Waals surface area contributed by atoms with Crippen LogP contribution in [0, 0.1) is 23.5 Å². The number of carbonyl (C=O) groups excluding carboxylic acids is 4. The normalized spacial score (nSPS) is 12.9. The number of amides is 4. The van der Waals surface area contributed by atoms with Crippen molar-refractivity contribution in [2.45, 2.75) is 38.0 Å². The van der Waals surface area contributed by atoms with Gasteiger partial charge >= 0.3 is 18.4 Å². The number of urea groups is 1. The summed E-state index contributed by atoms with van der Waals surface area (Å²) in [7, 11) is 0. The van der Waals surface area contributed by atoms with Gasteiger partial charge in [0.25, 0.3) is 0 Å². The molecule has 2 aliphatic carbocycles. The van der Waals surface area contributed by atoms with Gasteiger partial charge in [0.15, 0.2) is 0 Å². The quantitative estimate of drug-likeness (QED) is 0.0355. The molecule has 0 saturated heterocycles. The van der Waals surface area contributed by atoms with Crippen molar-refractivity contribution in [3.05, 3.63) is 130 Å². The molecule has 6 N–H and O–H groups in total. The maximum absolute atomic E-state index is 14.2. The highest BCUT2D eigenvalue weighted by Gasteiger charge is 2.35. The molecule has 0 bridgehead atoms. The molecule has 0 spiro atoms. The third-order valence-electron chi connectivity index (χ3n) is 9.24. The molecule has 2 saturated carbocycles. The summed E-state index contributed by atoms with van der Waals surface area (Å²) in [6.07, 6.45) is -2.20. The summed E-state index contributed by atoms with van der Waals surface area (Å²) in [5.74, 6) is -0.154. The van der Waals surface area contributed by atoms with Crippen molar-refractivity contribution in [2.75, 3.05) is 27.0 Å². The highest BCUT2D eigenvalue weighted by Crippen LogP contribution is 2.38. The maximum Gasteiger partial charge on any atom is 0.417 e. The highest BCUT2D eigenvalue weighted by molar-refractivity contribution is 6.31. The van der Waals surface area contributed by atoms with Crippen LogP contribution in [0.15, 0.2) is 103 Å². The minimum absolute atomic E-state index is 0.0104. The van der Waals surface area contributed by atoms with Gasteiger partial charge in [-0.05, 0) is 86.3 Å². The molecule has 70 heavy (non-hydrogen) atoms. The number of anilines is 5. The minimum Gasteiger partial charge on any atom is -0.439 e. The third kappa shape index (κ3) is 15.3. The predicted molar refractivity (Wildman–Crippen MR) is 237 cm³/mol. The molecule has 364 valence electrons. The summed E-state index contributed by atoms with van der Waals surface area (Å²) in [6, 6.07) is 15.1. The number of hydrogen-bond donors (Lipinski definition) is 5. The van der Waals surface area contributed by atoms with Crippen LogP contribution in [0.25, 0.3) is 0 Å². The van der Waals surface area contributed by atoms with Crippen LogP contribution in [-0.4, -0.2) is 43.9 Å². The van der Waals surface area contributed by atoms with Crippen LogP contribution in [-0.2, 0) is 26.7 Å². The van der Waals surface area contributed by atoms with Crippen molar-refractivity contribution in [1.29, 1.82) is 0 Å². The first-order valence-corrected chi connectivity index (χ1v) is 20.8. The van der Waals surface area contributed by atoms with E-state index in [0.717, 1.165) is 56.0 Å². The van der Waals surface area contributed by atoms with E-state index < -0.39 is 51.2 Å². The molecule has 6 aromatic rings. The van der Waals surface area contributed by atoms with Gasteiger partial charge in [0, 0.05) is 41.8 Å². The number of aliphatic imine (C=N–C) groups is 1. The van der Waals surface area contributed by atoms with Crippen molar-refractivity contribution in [3.63, 3.8) is 0 Å². The number of nitrogen functional groups attached to an aromatic ring is 1. The van der Waals surface area contributed by atoms with Gasteiger partial charge in [-0.15, -0.1) is 0 Å². The Morgan fingerprint density at radius 1 is 0.629 bits per heavy atom. The number of nitrogens with two attached hydrogens (primary N) is 1. The molecule has 2 aromatic heterocycles. The second-order valence-corrected chi connectivity index (χ2v) is 15.5. The van der Waals surface area contributed by atoms with E-state index in [-0.39, 0.29) is 69.7 Å². The van der Waals surface area contributed by atoms with Crippen LogP contribution in [0.4, 0.5) is 74.3 Å². The molecule has 0 unspecified atom stereocenters. The summed E-state index contributed by atoms with van der Waals surface area (Å²) in [4.78, 5) is 64.4. The molecular weight excluding hydrogens is 987 g/mol. The fraction of sp³-hybridized carbons (Fsp3) is 0.182. The first kappa shape index (κ1) is 51.4. The Bertz CT molecular complexity index is 2960. The van der Waals surface area contributed by atoms with Crippen LogP contribution < -0.4 is 36.5 Å². The lowest BCUT2D eigenvalue weighted by Crippen LogP contribution is -2.20. The number of carbonyl (C=O) groups is 3. The number of ether oxygens (including phenoxy) is 2. The van der Waals surface area contributed by atoms with E-state index >= 15 is 0 Å². The topological polar surface area (TPSA) is 225 Å². The van der Waals surface area contributed by atoms with Crippen LogP contribution in [0.3, 0.4) is 0 Å². The van der Waals surface area contributed by atoms with Gasteiger partial charge < -0.3 is 36.5 Å². The summed E-state index contributed by atoms with van der Waals surface area (Å²) >= 11 is 10.9. The summed E-state index contributed by atoms with van der Waals surface area (Å²) < 4.78 is 114. The largest absolute Gasteiger partial charge is 0.439 e. The van der Waals surface area contributed by atoms with Crippen molar-refractivity contribution < 1.29 is 63.8 Å². The van der Waals surface area contributed by atoms with E-state index in [2.05, 4.69) is 46.2 Å². The zero-order valence-corrected chi connectivity index (χ0v) is 36.8. The molecule has 16 nitrogen and oxygen atoms in total. The Morgan fingerprint density at radius 3 is 1.63 bits per heavy atom. The van der Waals surface area contributed by atoms with Gasteiger partial charge in [-0.25, -0.2) is 38.3 Å². The van der Waals surface area contributed by atoms with Gasteiger partial charge in [0.05, 0.1) is 38.2 Å². The zero-order chi connectivity index (χ0) is 50.8. The lowest BCUT2D eigenvalue weighted by atomic mass is 10.2. The van der Waals surface area contributed by atoms with Gasteiger partial charge in [0.2, 0.25) is 29.7 Å². The molecule has 2 heterocycles. The van der Waals surface area contributed by atoms with E-state index in [9.17, 15) is 54.3 Å². The van der Waals surface area contributed by atoms with E-state index in [1.165, 1.54) is 61.2 Å². The van der Waals surface area contributed by atoms with E-state index in [0.29, 0.717) is 23.7 Å². The molecule has 26 heteroatoms. The number of aromatic nitrogens is 4. The van der Waals surface area contributed by atoms with Crippen molar-refractivity contribution in [3.8, 4) is 23.3 Å². The number of benzene rings is 4. The average Bonchev–Trinajstić information content (AvgIpc) is 4.22. The van der Waals surface area contributed by atoms with Crippen LogP contribution >= 0.6 is 23.2 Å². The second kappa shape index (κ2) is 22.4. The van der Waals surface area contributed by atoms with E-state index in [4.69, 9.17) is 38.4 Å². The number of isocyanates is 1. The number of nitrogens with zero attached hydrogens (tertiary/aromatic N) is 5. The maximum atomic E-state index is 14.2. The molecule has 8 rings (SSSR count). The fourth-order valence-corrected chi connectivity index (χ4v) is 5.97. The minimum atomic E-state index is -4.72. The average molecular weight is 1020 g/mol. The SMILES string of the molecule is Nc1cc(Oc2cc(NC(=O)C3CC3)ncn2)ccc1F.O=C(Nc1ccc(Cl)c(C(F)(F)F)c1)Nc1cc(Oc2cc(NC(=O)C3CC3)ncn2)ccc1F.O=C=Nc1ccc(Cl)c(C(F)(F)F)c1. The number of alkyl halides is 6. The monoisotopic (exact) mass is 1020 g/mol. The van der Waals surface area contributed by atoms with E-state index in [1.807, 2.05) is 0 Å². The van der Waals surface area contributed by atoms with Gasteiger partial charge in [-0.1, -0.05) is 23.2 Å². The Morgan fingerprint density at radius 2 is 1.13 bits per heavy atom. The molecule has 2 aliphatic rings. The standard InChI is InChI=1S/C22H16ClF4N5O3.C14H13FN4O2.C8H3ClF3NO/c23-15-5-3-12(7-14(15)22(25,26)27)30-21(34)31-17-8-13(4-6-16(17)24)35-19-9-18(28-10-29-19)32-20(33)11-1-2-11;15-10-4-3-9(5-11(10)16)21-13-6-12(17-7-18-13)19-14(20)8-1-2-8;9-7-2-1-5(13-4-14)3-6(7)8(10,11)12/h3-11H,1-2H2,(H2,30,31,34)(H,28,29,32,33);3-8H,1-2,16H2,(H,17,18,19,20);1-3H. The molecule has 0 atom stereocenters. The van der Waals surface area contributed by atoms with E-state index in [1.54, 1.807) is 0 Å². The molecule has 0 aliphatic heterocycles. The summed E-state index contributed by atoms with van der Waals surface area (Å²) in [5, 5.41) is 8.78. The lowest BCUT2D eigenvalue weighted by molar-refractivity contribution is -0.138. The predicted octanol–water partition coefficient (Wildman–Crippen LogP) is 11.7. The van der Waals surface area contributed by atoms with Crippen molar-refractivity contribution >= 4 is 81.5 Å².